The zero-order chi connectivity index (χ0) is 26.2. The van der Waals surface area contributed by atoms with Gasteiger partial charge in [0.15, 0.2) is 0 Å². The lowest BCUT2D eigenvalue weighted by molar-refractivity contribution is -0.130. The number of nitrogens with zero attached hydrogens (tertiary/aromatic N) is 1. The first-order valence-corrected chi connectivity index (χ1v) is 14.1. The Morgan fingerprint density at radius 3 is 2.43 bits per heavy atom. The van der Waals surface area contributed by atoms with Crippen LogP contribution in [-0.2, 0) is 4.79 Å². The first-order valence-electron chi connectivity index (χ1n) is 12.8. The Hall–Kier alpha value is -2.27. The first kappa shape index (κ1) is 26.3. The molecular formula is C30H31Cl3N2O2. The van der Waals surface area contributed by atoms with Gasteiger partial charge in [-0.1, -0.05) is 60.0 Å². The van der Waals surface area contributed by atoms with E-state index in [1.165, 1.54) is 6.42 Å². The van der Waals surface area contributed by atoms with Crippen molar-refractivity contribution in [2.45, 2.75) is 64.0 Å². The highest BCUT2D eigenvalue weighted by atomic mass is 35.5. The van der Waals surface area contributed by atoms with Crippen LogP contribution >= 0.6 is 34.8 Å². The van der Waals surface area contributed by atoms with Crippen molar-refractivity contribution in [2.24, 2.45) is 5.41 Å². The number of carbonyl (C=O) groups is 1. The molecule has 1 aromatic heterocycles. The minimum Gasteiger partial charge on any atom is -0.471 e. The molecule has 37 heavy (non-hydrogen) atoms. The summed E-state index contributed by atoms with van der Waals surface area (Å²) in [7, 11) is 0. The standard InChI is InChI=1S/C30H31Cl3N2O2/c1-29(2,18-31)28(36)34-25-17-30(14-6-3-7-15-30)37-27-23(25)16-22(19-10-12-20(32)13-11-19)26(35-27)21-8-4-5-9-24(21)33/h4-5,8-13,16,25H,3,6-7,14-15,17-18H2,1-2H3,(H,34,36). The number of nitrogens with one attached hydrogen (secondary N) is 1. The van der Waals surface area contributed by atoms with E-state index in [0.717, 1.165) is 53.6 Å². The SMILES string of the molecule is CC(C)(CCl)C(=O)NC1CC2(CCCCC2)Oc2nc(-c3ccccc3Cl)c(-c3ccc(Cl)cc3)cc21. The van der Waals surface area contributed by atoms with Crippen LogP contribution < -0.4 is 10.1 Å². The van der Waals surface area contributed by atoms with Gasteiger partial charge in [-0.15, -0.1) is 11.6 Å². The number of carbonyl (C=O) groups excluding carboxylic acids is 1. The van der Waals surface area contributed by atoms with E-state index in [4.69, 9.17) is 44.5 Å². The number of rotatable bonds is 5. The van der Waals surface area contributed by atoms with Gasteiger partial charge in [-0.25, -0.2) is 4.98 Å². The lowest BCUT2D eigenvalue weighted by Crippen LogP contribution is -2.49. The third-order valence-corrected chi connectivity index (χ3v) is 8.83. The van der Waals surface area contributed by atoms with E-state index >= 15 is 0 Å². The van der Waals surface area contributed by atoms with Gasteiger partial charge in [-0.2, -0.15) is 0 Å². The third-order valence-electron chi connectivity index (χ3n) is 7.58. The molecule has 7 heteroatoms. The quantitative estimate of drug-likeness (QED) is 0.319. The van der Waals surface area contributed by atoms with E-state index in [0.29, 0.717) is 22.3 Å². The highest BCUT2D eigenvalue weighted by Gasteiger charge is 2.44. The number of pyridine rings is 1. The number of amides is 1. The van der Waals surface area contributed by atoms with Gasteiger partial charge in [-0.3, -0.25) is 4.79 Å². The third kappa shape index (κ3) is 5.34. The zero-order valence-corrected chi connectivity index (χ0v) is 23.4. The average Bonchev–Trinajstić information content (AvgIpc) is 2.89. The second-order valence-electron chi connectivity index (χ2n) is 10.9. The van der Waals surface area contributed by atoms with Crippen molar-refractivity contribution < 1.29 is 9.53 Å². The van der Waals surface area contributed by atoms with Gasteiger partial charge >= 0.3 is 0 Å². The lowest BCUT2D eigenvalue weighted by Gasteiger charge is -2.44. The molecule has 2 aliphatic rings. The summed E-state index contributed by atoms with van der Waals surface area (Å²) in [5.74, 6) is 0.726. The average molecular weight is 558 g/mol. The first-order chi connectivity index (χ1) is 17.7. The van der Waals surface area contributed by atoms with Crippen molar-refractivity contribution in [3.05, 3.63) is 70.2 Å². The fraction of sp³-hybridized carbons (Fsp3) is 0.400. The number of hydrogen-bond donors (Lipinski definition) is 1. The summed E-state index contributed by atoms with van der Waals surface area (Å²) in [6, 6.07) is 17.2. The number of ether oxygens (including phenoxy) is 1. The molecule has 2 heterocycles. The molecule has 1 amide bonds. The number of aromatic nitrogens is 1. The van der Waals surface area contributed by atoms with Crippen molar-refractivity contribution in [1.82, 2.24) is 10.3 Å². The molecule has 3 aromatic rings. The molecule has 1 fully saturated rings. The van der Waals surface area contributed by atoms with Gasteiger partial charge in [0.25, 0.3) is 0 Å². The number of halogens is 3. The molecule has 1 aliphatic carbocycles. The Kier molecular flexibility index (Phi) is 7.46. The molecule has 1 unspecified atom stereocenters. The van der Waals surface area contributed by atoms with Crippen molar-refractivity contribution in [3.63, 3.8) is 0 Å². The van der Waals surface area contributed by atoms with Gasteiger partial charge in [0, 0.05) is 39.0 Å². The Morgan fingerprint density at radius 1 is 1.05 bits per heavy atom. The van der Waals surface area contributed by atoms with E-state index in [-0.39, 0.29) is 23.4 Å². The fourth-order valence-electron chi connectivity index (χ4n) is 5.33. The van der Waals surface area contributed by atoms with Gasteiger partial charge in [0.05, 0.1) is 17.2 Å². The van der Waals surface area contributed by atoms with Crippen molar-refractivity contribution in [3.8, 4) is 28.3 Å². The molecule has 0 bridgehead atoms. The van der Waals surface area contributed by atoms with Crippen LogP contribution in [0.15, 0.2) is 54.6 Å². The molecule has 1 aliphatic heterocycles. The molecule has 4 nitrogen and oxygen atoms in total. The predicted molar refractivity (Wildman–Crippen MR) is 152 cm³/mol. The van der Waals surface area contributed by atoms with Crippen LogP contribution in [0.25, 0.3) is 22.4 Å². The van der Waals surface area contributed by atoms with E-state index in [1.807, 2.05) is 62.4 Å². The van der Waals surface area contributed by atoms with Gasteiger partial charge in [0.2, 0.25) is 11.8 Å². The molecule has 1 saturated carbocycles. The maximum atomic E-state index is 13.3. The molecule has 1 N–H and O–H groups in total. The summed E-state index contributed by atoms with van der Waals surface area (Å²) in [5.41, 5.74) is 3.26. The van der Waals surface area contributed by atoms with Crippen molar-refractivity contribution >= 4 is 40.7 Å². The van der Waals surface area contributed by atoms with Crippen LogP contribution in [0.5, 0.6) is 5.88 Å². The summed E-state index contributed by atoms with van der Waals surface area (Å²) < 4.78 is 6.74. The lowest BCUT2D eigenvalue weighted by atomic mass is 9.77. The minimum atomic E-state index is -0.691. The topological polar surface area (TPSA) is 51.2 Å². The summed E-state index contributed by atoms with van der Waals surface area (Å²) >= 11 is 19.0. The highest BCUT2D eigenvalue weighted by molar-refractivity contribution is 6.33. The molecule has 0 radical (unpaired) electrons. The largest absolute Gasteiger partial charge is 0.471 e. The molecule has 194 valence electrons. The van der Waals surface area contributed by atoms with E-state index in [1.54, 1.807) is 0 Å². The molecular weight excluding hydrogens is 527 g/mol. The van der Waals surface area contributed by atoms with Crippen LogP contribution in [0.4, 0.5) is 0 Å². The van der Waals surface area contributed by atoms with Crippen LogP contribution in [0.1, 0.15) is 64.0 Å². The van der Waals surface area contributed by atoms with Gasteiger partial charge in [0.1, 0.15) is 5.60 Å². The predicted octanol–water partition coefficient (Wildman–Crippen LogP) is 8.63. The fourth-order valence-corrected chi connectivity index (χ4v) is 5.80. The number of hydrogen-bond acceptors (Lipinski definition) is 3. The smallest absolute Gasteiger partial charge is 0.227 e. The maximum absolute atomic E-state index is 13.3. The zero-order valence-electron chi connectivity index (χ0n) is 21.1. The second kappa shape index (κ2) is 10.5. The summed E-state index contributed by atoms with van der Waals surface area (Å²) in [5, 5.41) is 4.58. The highest BCUT2D eigenvalue weighted by Crippen LogP contribution is 2.48. The van der Waals surface area contributed by atoms with Crippen LogP contribution in [0.2, 0.25) is 10.0 Å². The Labute approximate surface area is 233 Å². The van der Waals surface area contributed by atoms with E-state index in [2.05, 4.69) is 11.4 Å². The number of benzene rings is 2. The van der Waals surface area contributed by atoms with Gasteiger partial charge in [-0.05, 0) is 69.4 Å². The van der Waals surface area contributed by atoms with Crippen molar-refractivity contribution in [2.75, 3.05) is 5.88 Å². The molecule has 1 spiro atoms. The summed E-state index contributed by atoms with van der Waals surface area (Å²) in [4.78, 5) is 18.4. The second-order valence-corrected chi connectivity index (χ2v) is 12.0. The van der Waals surface area contributed by atoms with Crippen LogP contribution in [0.3, 0.4) is 0 Å². The maximum Gasteiger partial charge on any atom is 0.227 e. The number of alkyl halides is 1. The summed E-state index contributed by atoms with van der Waals surface area (Å²) in [6.45, 7) is 3.73. The van der Waals surface area contributed by atoms with Crippen molar-refractivity contribution in [1.29, 1.82) is 0 Å². The molecule has 2 aromatic carbocycles. The van der Waals surface area contributed by atoms with Crippen LogP contribution in [-0.4, -0.2) is 22.4 Å². The van der Waals surface area contributed by atoms with Crippen LogP contribution in [0, 0.1) is 5.41 Å². The minimum absolute atomic E-state index is 0.0745. The Bertz CT molecular complexity index is 1300. The van der Waals surface area contributed by atoms with E-state index in [9.17, 15) is 4.79 Å². The number of fused-ring (bicyclic) bond motifs is 1. The molecule has 5 rings (SSSR count). The Morgan fingerprint density at radius 2 is 1.76 bits per heavy atom. The molecule has 1 atom stereocenters. The van der Waals surface area contributed by atoms with Gasteiger partial charge < -0.3 is 10.1 Å². The van der Waals surface area contributed by atoms with E-state index < -0.39 is 5.41 Å². The normalized spacial score (nSPS) is 18.7. The Balaban J connectivity index is 1.69. The summed E-state index contributed by atoms with van der Waals surface area (Å²) in [6.07, 6.45) is 5.99. The molecule has 0 saturated heterocycles. The monoisotopic (exact) mass is 556 g/mol.